The molecule has 1 atom stereocenters. The maximum Gasteiger partial charge on any atom is 0.266 e. The van der Waals surface area contributed by atoms with E-state index in [9.17, 15) is 4.79 Å². The summed E-state index contributed by atoms with van der Waals surface area (Å²) in [5.74, 6) is 1.47. The van der Waals surface area contributed by atoms with Crippen molar-refractivity contribution in [2.24, 2.45) is 5.92 Å². The van der Waals surface area contributed by atoms with Crippen molar-refractivity contribution in [1.82, 2.24) is 9.88 Å². The van der Waals surface area contributed by atoms with E-state index in [2.05, 4.69) is 22.0 Å². The lowest BCUT2D eigenvalue weighted by Crippen LogP contribution is -2.49. The fourth-order valence-corrected chi connectivity index (χ4v) is 5.19. The Labute approximate surface area is 164 Å². The molecular weight excluding hydrogens is 360 g/mol. The zero-order chi connectivity index (χ0) is 19.0. The molecule has 0 saturated carbocycles. The van der Waals surface area contributed by atoms with Gasteiger partial charge in [0.25, 0.3) is 5.91 Å². The number of aryl methyl sites for hydroxylation is 2. The molecular formula is C21H26N2O3S. The van der Waals surface area contributed by atoms with Gasteiger partial charge in [-0.15, -0.1) is 11.3 Å². The molecule has 1 aromatic heterocycles. The summed E-state index contributed by atoms with van der Waals surface area (Å²) in [6.45, 7) is 6.11. The van der Waals surface area contributed by atoms with E-state index in [1.807, 2.05) is 19.9 Å². The van der Waals surface area contributed by atoms with E-state index in [0.29, 0.717) is 12.5 Å². The molecule has 5 nitrogen and oxygen atoms in total. The Morgan fingerprint density at radius 1 is 1.26 bits per heavy atom. The first-order valence-corrected chi connectivity index (χ1v) is 10.4. The highest BCUT2D eigenvalue weighted by atomic mass is 32.1. The van der Waals surface area contributed by atoms with Crippen molar-refractivity contribution in [3.05, 3.63) is 44.9 Å². The van der Waals surface area contributed by atoms with Crippen LogP contribution in [0.25, 0.3) is 0 Å². The third-order valence-electron chi connectivity index (χ3n) is 5.75. The van der Waals surface area contributed by atoms with Crippen molar-refractivity contribution in [2.45, 2.75) is 45.7 Å². The van der Waals surface area contributed by atoms with Gasteiger partial charge in [-0.25, -0.2) is 4.98 Å². The maximum atomic E-state index is 13.5. The Kier molecular flexibility index (Phi) is 5.19. The number of carbonyl (C=O) groups excluding carboxylic acids is 1. The van der Waals surface area contributed by atoms with Crippen LogP contribution in [0.4, 0.5) is 0 Å². The highest BCUT2D eigenvalue weighted by molar-refractivity contribution is 7.13. The average Bonchev–Trinajstić information content (AvgIpc) is 3.04. The lowest BCUT2D eigenvalue weighted by Gasteiger charge is -2.42. The average molecular weight is 387 g/mol. The van der Waals surface area contributed by atoms with Gasteiger partial charge in [-0.2, -0.15) is 0 Å². The monoisotopic (exact) mass is 386 g/mol. The van der Waals surface area contributed by atoms with Crippen molar-refractivity contribution in [1.29, 1.82) is 0 Å². The van der Waals surface area contributed by atoms with Gasteiger partial charge in [-0.3, -0.25) is 4.79 Å². The van der Waals surface area contributed by atoms with Crippen LogP contribution in [0.2, 0.25) is 0 Å². The molecule has 1 unspecified atom stereocenters. The van der Waals surface area contributed by atoms with Crippen LogP contribution in [0.5, 0.6) is 5.75 Å². The molecule has 27 heavy (non-hydrogen) atoms. The largest absolute Gasteiger partial charge is 0.497 e. The van der Waals surface area contributed by atoms with Crippen LogP contribution in [-0.4, -0.2) is 42.2 Å². The van der Waals surface area contributed by atoms with E-state index in [0.717, 1.165) is 53.8 Å². The van der Waals surface area contributed by atoms with Crippen LogP contribution in [0.15, 0.2) is 18.2 Å². The molecule has 6 heteroatoms. The smallest absolute Gasteiger partial charge is 0.266 e. The quantitative estimate of drug-likeness (QED) is 0.806. The summed E-state index contributed by atoms with van der Waals surface area (Å²) in [6.07, 6.45) is 2.89. The summed E-state index contributed by atoms with van der Waals surface area (Å²) in [7, 11) is 1.70. The summed E-state index contributed by atoms with van der Waals surface area (Å²) in [4.78, 5) is 20.8. The lowest BCUT2D eigenvalue weighted by molar-refractivity contribution is 0.0182. The summed E-state index contributed by atoms with van der Waals surface area (Å²) >= 11 is 1.51. The van der Waals surface area contributed by atoms with Crippen molar-refractivity contribution in [3.63, 3.8) is 0 Å². The van der Waals surface area contributed by atoms with Gasteiger partial charge in [-0.1, -0.05) is 6.07 Å². The zero-order valence-electron chi connectivity index (χ0n) is 16.2. The number of carbonyl (C=O) groups is 1. The minimum Gasteiger partial charge on any atom is -0.497 e. The van der Waals surface area contributed by atoms with Gasteiger partial charge in [0.15, 0.2) is 0 Å². The minimum atomic E-state index is 0.121. The molecule has 0 bridgehead atoms. The summed E-state index contributed by atoms with van der Waals surface area (Å²) in [5.41, 5.74) is 3.35. The van der Waals surface area contributed by atoms with E-state index < -0.39 is 0 Å². The molecule has 3 heterocycles. The molecule has 1 aromatic carbocycles. The molecule has 2 aliphatic heterocycles. The highest BCUT2D eigenvalue weighted by Crippen LogP contribution is 2.35. The predicted octanol–water partition coefficient (Wildman–Crippen LogP) is 3.76. The van der Waals surface area contributed by atoms with Crippen LogP contribution in [0.1, 0.15) is 44.3 Å². The molecule has 2 aromatic rings. The number of thiazole rings is 1. The third-order valence-corrected chi connectivity index (χ3v) is 6.81. The second kappa shape index (κ2) is 7.60. The van der Waals surface area contributed by atoms with Crippen LogP contribution in [0.3, 0.4) is 0 Å². The second-order valence-corrected chi connectivity index (χ2v) is 8.64. The summed E-state index contributed by atoms with van der Waals surface area (Å²) in [6, 6.07) is 6.41. The number of benzene rings is 1. The molecule has 144 valence electrons. The first kappa shape index (κ1) is 18.4. The summed E-state index contributed by atoms with van der Waals surface area (Å²) < 4.78 is 11.0. The Balaban J connectivity index is 1.69. The number of methoxy groups -OCH3 is 1. The summed E-state index contributed by atoms with van der Waals surface area (Å²) in [5, 5.41) is 0.945. The first-order valence-electron chi connectivity index (χ1n) is 9.55. The number of ether oxygens (including phenoxy) is 2. The Morgan fingerprint density at radius 3 is 2.70 bits per heavy atom. The topological polar surface area (TPSA) is 51.7 Å². The number of hydrogen-bond donors (Lipinski definition) is 0. The van der Waals surface area contributed by atoms with Crippen LogP contribution in [0, 0.1) is 19.8 Å². The maximum absolute atomic E-state index is 13.5. The van der Waals surface area contributed by atoms with Gasteiger partial charge in [0.1, 0.15) is 10.6 Å². The first-order chi connectivity index (χ1) is 13.1. The number of hydrogen-bond acceptors (Lipinski definition) is 5. The van der Waals surface area contributed by atoms with Crippen molar-refractivity contribution in [3.8, 4) is 5.75 Å². The van der Waals surface area contributed by atoms with E-state index in [-0.39, 0.29) is 11.9 Å². The minimum absolute atomic E-state index is 0.121. The van der Waals surface area contributed by atoms with Crippen molar-refractivity contribution >= 4 is 17.2 Å². The number of nitrogens with zero attached hydrogens (tertiary/aromatic N) is 2. The molecule has 1 amide bonds. The molecule has 1 saturated heterocycles. The van der Waals surface area contributed by atoms with Crippen LogP contribution in [-0.2, 0) is 17.7 Å². The molecule has 1 fully saturated rings. The van der Waals surface area contributed by atoms with Gasteiger partial charge in [-0.05, 0) is 62.3 Å². The van der Waals surface area contributed by atoms with Crippen LogP contribution < -0.4 is 4.74 Å². The molecule has 2 aliphatic rings. The second-order valence-electron chi connectivity index (χ2n) is 7.44. The number of fused-ring (bicyclic) bond motifs is 1. The molecule has 0 radical (unpaired) electrons. The Hall–Kier alpha value is -1.92. The number of aromatic nitrogens is 1. The van der Waals surface area contributed by atoms with E-state index in [1.54, 1.807) is 7.11 Å². The normalized spacial score (nSPS) is 20.4. The SMILES string of the molecule is COc1ccc2c(c1)CC(C1CCOCC1)N(C(=O)c1sc(C)nc1C)C2. The fraction of sp³-hybridized carbons (Fsp3) is 0.524. The van der Waals surface area contributed by atoms with Gasteiger partial charge in [0, 0.05) is 25.8 Å². The molecule has 0 spiro atoms. The van der Waals surface area contributed by atoms with E-state index in [1.165, 1.54) is 22.5 Å². The highest BCUT2D eigenvalue weighted by Gasteiger charge is 2.37. The van der Waals surface area contributed by atoms with E-state index in [4.69, 9.17) is 9.47 Å². The van der Waals surface area contributed by atoms with Crippen molar-refractivity contribution in [2.75, 3.05) is 20.3 Å². The standard InChI is InChI=1S/C21H26N2O3S/c1-13-20(27-14(2)22-13)21(24)23-12-16-4-5-18(25-3)10-17(16)11-19(23)15-6-8-26-9-7-15/h4-5,10,15,19H,6-9,11-12H2,1-3H3. The van der Waals surface area contributed by atoms with Crippen LogP contribution >= 0.6 is 11.3 Å². The molecule has 0 N–H and O–H groups in total. The van der Waals surface area contributed by atoms with E-state index >= 15 is 0 Å². The Bertz CT molecular complexity index is 842. The number of rotatable bonds is 3. The van der Waals surface area contributed by atoms with Gasteiger partial charge >= 0.3 is 0 Å². The number of amides is 1. The van der Waals surface area contributed by atoms with Crippen molar-refractivity contribution < 1.29 is 14.3 Å². The van der Waals surface area contributed by atoms with Gasteiger partial charge in [0.05, 0.1) is 17.8 Å². The third kappa shape index (κ3) is 3.60. The van der Waals surface area contributed by atoms with Gasteiger partial charge < -0.3 is 14.4 Å². The van der Waals surface area contributed by atoms with Gasteiger partial charge in [0.2, 0.25) is 0 Å². The zero-order valence-corrected chi connectivity index (χ0v) is 17.0. The Morgan fingerprint density at radius 2 is 2.04 bits per heavy atom. The predicted molar refractivity (Wildman–Crippen MR) is 105 cm³/mol. The fourth-order valence-electron chi connectivity index (χ4n) is 4.31. The molecule has 0 aliphatic carbocycles. The molecule has 4 rings (SSSR count). The lowest BCUT2D eigenvalue weighted by atomic mass is 9.82.